The van der Waals surface area contributed by atoms with Crippen molar-refractivity contribution >= 4 is 31.9 Å². The van der Waals surface area contributed by atoms with Crippen LogP contribution in [0.3, 0.4) is 0 Å². The Labute approximate surface area is 147 Å². The summed E-state index contributed by atoms with van der Waals surface area (Å²) >= 11 is 3.11. The first-order chi connectivity index (χ1) is 11.1. The Morgan fingerprint density at radius 2 is 2.08 bits per heavy atom. The van der Waals surface area contributed by atoms with E-state index in [4.69, 9.17) is 4.74 Å². The highest BCUT2D eigenvalue weighted by Gasteiger charge is 2.38. The first-order valence-electron chi connectivity index (χ1n) is 7.17. The third kappa shape index (κ3) is 4.32. The molecule has 24 heavy (non-hydrogen) atoms. The van der Waals surface area contributed by atoms with E-state index in [9.17, 15) is 22.0 Å². The Hall–Kier alpha value is -1.48. The number of carbonyl (C=O) groups is 1. The van der Waals surface area contributed by atoms with Gasteiger partial charge in [-0.2, -0.15) is 0 Å². The number of carbonyl (C=O) groups excluding carboxylic acids is 1. The lowest BCUT2D eigenvalue weighted by Crippen LogP contribution is -2.35. The fraction of sp³-hybridized carbons (Fsp3) is 0.400. The van der Waals surface area contributed by atoms with Gasteiger partial charge in [-0.25, -0.2) is 21.9 Å². The Morgan fingerprint density at radius 3 is 2.62 bits per heavy atom. The highest BCUT2D eigenvalue weighted by atomic mass is 79.9. The molecule has 0 unspecified atom stereocenters. The monoisotopic (exact) mass is 423 g/mol. The molecule has 1 aromatic rings. The van der Waals surface area contributed by atoms with Gasteiger partial charge >= 0.3 is 0 Å². The van der Waals surface area contributed by atoms with E-state index in [2.05, 4.69) is 22.5 Å². The largest absolute Gasteiger partial charge is 0.452 e. The molecular formula is C15H16BrF2NO4S. The zero-order valence-electron chi connectivity index (χ0n) is 12.8. The van der Waals surface area contributed by atoms with Gasteiger partial charge in [-0.15, -0.1) is 0 Å². The first-order valence-corrected chi connectivity index (χ1v) is 9.51. The van der Waals surface area contributed by atoms with Crippen molar-refractivity contribution in [3.8, 4) is 5.75 Å². The van der Waals surface area contributed by atoms with E-state index in [0.717, 1.165) is 0 Å². The molecule has 9 heteroatoms. The van der Waals surface area contributed by atoms with Gasteiger partial charge in [-0.05, 0) is 31.0 Å². The second-order valence-electron chi connectivity index (χ2n) is 5.40. The van der Waals surface area contributed by atoms with E-state index >= 15 is 0 Å². The van der Waals surface area contributed by atoms with Crippen LogP contribution in [0, 0.1) is 0 Å². The molecule has 1 amide bonds. The SMILES string of the molecule is C=C(Oc1ccc(Br)cc1C(F)(F)CC)C(=O)NS(=O)(=O)C1CC1. The molecule has 0 atom stereocenters. The molecule has 0 heterocycles. The van der Waals surface area contributed by atoms with Gasteiger partial charge in [0.05, 0.1) is 10.8 Å². The highest BCUT2D eigenvalue weighted by Crippen LogP contribution is 2.39. The van der Waals surface area contributed by atoms with Crippen molar-refractivity contribution in [2.45, 2.75) is 37.4 Å². The van der Waals surface area contributed by atoms with Gasteiger partial charge in [0.2, 0.25) is 10.0 Å². The lowest BCUT2D eigenvalue weighted by Gasteiger charge is -2.19. The minimum atomic E-state index is -3.77. The third-order valence-corrected chi connectivity index (χ3v) is 5.78. The summed E-state index contributed by atoms with van der Waals surface area (Å²) < 4.78 is 58.9. The number of nitrogens with one attached hydrogen (secondary N) is 1. The van der Waals surface area contributed by atoms with Crippen molar-refractivity contribution in [1.29, 1.82) is 0 Å². The second-order valence-corrected chi connectivity index (χ2v) is 8.28. The first kappa shape index (κ1) is 18.9. The number of rotatable bonds is 7. The topological polar surface area (TPSA) is 72.5 Å². The third-order valence-electron chi connectivity index (χ3n) is 3.46. The average Bonchev–Trinajstić information content (AvgIpc) is 3.33. The molecule has 132 valence electrons. The van der Waals surface area contributed by atoms with Gasteiger partial charge in [-0.1, -0.05) is 29.4 Å². The Balaban J connectivity index is 2.18. The molecule has 0 aliphatic heterocycles. The Kier molecular flexibility index (Phi) is 5.34. The predicted molar refractivity (Wildman–Crippen MR) is 88.2 cm³/mol. The number of benzene rings is 1. The van der Waals surface area contributed by atoms with Crippen LogP contribution in [0.15, 0.2) is 35.0 Å². The molecule has 0 bridgehead atoms. The van der Waals surface area contributed by atoms with E-state index in [1.165, 1.54) is 25.1 Å². The van der Waals surface area contributed by atoms with Crippen molar-refractivity contribution in [2.24, 2.45) is 0 Å². The molecule has 1 aliphatic carbocycles. The summed E-state index contributed by atoms with van der Waals surface area (Å²) in [4.78, 5) is 11.9. The minimum absolute atomic E-state index is 0.256. The molecule has 0 spiro atoms. The van der Waals surface area contributed by atoms with Gasteiger partial charge in [0.15, 0.2) is 5.76 Å². The van der Waals surface area contributed by atoms with Crippen LogP contribution in [-0.2, 0) is 20.7 Å². The van der Waals surface area contributed by atoms with E-state index in [-0.39, 0.29) is 5.75 Å². The number of hydrogen-bond acceptors (Lipinski definition) is 4. The van der Waals surface area contributed by atoms with Crippen molar-refractivity contribution < 1.29 is 26.7 Å². The van der Waals surface area contributed by atoms with Crippen LogP contribution in [0.1, 0.15) is 31.7 Å². The minimum Gasteiger partial charge on any atom is -0.452 e. The van der Waals surface area contributed by atoms with Gasteiger partial charge in [0.25, 0.3) is 11.8 Å². The fourth-order valence-electron chi connectivity index (χ4n) is 1.89. The maximum Gasteiger partial charge on any atom is 0.299 e. The molecular weight excluding hydrogens is 408 g/mol. The van der Waals surface area contributed by atoms with Crippen LogP contribution in [0.2, 0.25) is 0 Å². The summed E-state index contributed by atoms with van der Waals surface area (Å²) in [5.74, 6) is -5.07. The maximum absolute atomic E-state index is 14.0. The molecule has 1 saturated carbocycles. The van der Waals surface area contributed by atoms with Crippen LogP contribution in [0.5, 0.6) is 5.75 Å². The van der Waals surface area contributed by atoms with Crippen LogP contribution in [-0.4, -0.2) is 19.6 Å². The number of ether oxygens (including phenoxy) is 1. The smallest absolute Gasteiger partial charge is 0.299 e. The summed E-state index contributed by atoms with van der Waals surface area (Å²) in [5, 5.41) is -0.595. The summed E-state index contributed by atoms with van der Waals surface area (Å²) in [6.45, 7) is 4.64. The van der Waals surface area contributed by atoms with Gasteiger partial charge in [-0.3, -0.25) is 4.79 Å². The van der Waals surface area contributed by atoms with Crippen molar-refractivity contribution in [1.82, 2.24) is 4.72 Å². The molecule has 0 saturated heterocycles. The molecule has 0 radical (unpaired) electrons. The molecule has 1 aromatic carbocycles. The van der Waals surface area contributed by atoms with Gasteiger partial charge in [0.1, 0.15) is 5.75 Å². The van der Waals surface area contributed by atoms with Crippen LogP contribution >= 0.6 is 15.9 Å². The number of amides is 1. The standard InChI is InChI=1S/C15H16BrF2NO4S/c1-3-15(17,18)12-8-10(16)4-7-13(12)23-9(2)14(20)19-24(21,22)11-5-6-11/h4,7-8,11H,2-3,5-6H2,1H3,(H,19,20). The molecule has 0 aromatic heterocycles. The van der Waals surface area contributed by atoms with E-state index in [1.807, 2.05) is 4.72 Å². The lowest BCUT2D eigenvalue weighted by molar-refractivity contribution is -0.117. The Bertz CT molecular complexity index is 776. The number of alkyl halides is 2. The second kappa shape index (κ2) is 6.79. The van der Waals surface area contributed by atoms with Gasteiger partial charge < -0.3 is 4.74 Å². The molecule has 1 N–H and O–H groups in total. The van der Waals surface area contributed by atoms with Crippen LogP contribution in [0.4, 0.5) is 8.78 Å². The van der Waals surface area contributed by atoms with Crippen molar-refractivity contribution in [2.75, 3.05) is 0 Å². The predicted octanol–water partition coefficient (Wildman–Crippen LogP) is 3.45. The van der Waals surface area contributed by atoms with Gasteiger partial charge in [0, 0.05) is 10.9 Å². The van der Waals surface area contributed by atoms with E-state index < -0.39 is 44.8 Å². The molecule has 1 aliphatic rings. The van der Waals surface area contributed by atoms with Crippen LogP contribution in [0.25, 0.3) is 0 Å². The van der Waals surface area contributed by atoms with E-state index in [1.54, 1.807) is 0 Å². The summed E-state index contributed by atoms with van der Waals surface area (Å²) in [6, 6.07) is 3.92. The lowest BCUT2D eigenvalue weighted by atomic mass is 10.1. The maximum atomic E-state index is 14.0. The van der Waals surface area contributed by atoms with E-state index in [0.29, 0.717) is 17.3 Å². The van der Waals surface area contributed by atoms with Crippen molar-refractivity contribution in [3.63, 3.8) is 0 Å². The Morgan fingerprint density at radius 1 is 1.46 bits per heavy atom. The fourth-order valence-corrected chi connectivity index (χ4v) is 3.55. The summed E-state index contributed by atoms with van der Waals surface area (Å²) in [5.41, 5.74) is -0.418. The highest BCUT2D eigenvalue weighted by molar-refractivity contribution is 9.10. The zero-order valence-corrected chi connectivity index (χ0v) is 15.2. The molecule has 2 rings (SSSR count). The quantitative estimate of drug-likeness (QED) is 0.538. The zero-order chi connectivity index (χ0) is 18.1. The normalized spacial score (nSPS) is 15.0. The average molecular weight is 424 g/mol. The number of halogens is 3. The molecule has 1 fully saturated rings. The molecule has 5 nitrogen and oxygen atoms in total. The number of sulfonamides is 1. The summed E-state index contributed by atoms with van der Waals surface area (Å²) in [7, 11) is -3.77. The summed E-state index contributed by atoms with van der Waals surface area (Å²) in [6.07, 6.45) is 0.500. The van der Waals surface area contributed by atoms with Crippen LogP contribution < -0.4 is 9.46 Å². The number of hydrogen-bond donors (Lipinski definition) is 1. The van der Waals surface area contributed by atoms with Crippen molar-refractivity contribution in [3.05, 3.63) is 40.6 Å².